The molecule has 4 rings (SSSR count). The lowest BCUT2D eigenvalue weighted by Gasteiger charge is -1.92. The van der Waals surface area contributed by atoms with Crippen LogP contribution in [0.15, 0.2) is 42.9 Å². The van der Waals surface area contributed by atoms with Crippen LogP contribution in [-0.2, 0) is 0 Å². The number of aromatic nitrogens is 2. The van der Waals surface area contributed by atoms with Crippen molar-refractivity contribution in [3.63, 3.8) is 0 Å². The van der Waals surface area contributed by atoms with Crippen LogP contribution in [0.3, 0.4) is 0 Å². The molecule has 76 valence electrons. The lowest BCUT2D eigenvalue weighted by molar-refractivity contribution is 1.28. The minimum absolute atomic E-state index is 1.25. The van der Waals surface area contributed by atoms with Crippen molar-refractivity contribution in [1.82, 2.24) is 9.38 Å². The highest BCUT2D eigenvalue weighted by Crippen LogP contribution is 2.33. The van der Waals surface area contributed by atoms with E-state index < -0.39 is 0 Å². The highest BCUT2D eigenvalue weighted by molar-refractivity contribution is 6.14. The van der Waals surface area contributed by atoms with Crippen LogP contribution in [0.2, 0.25) is 0 Å². The summed E-state index contributed by atoms with van der Waals surface area (Å²) < 4.78 is 2.27. The molecule has 0 unspecified atom stereocenters. The van der Waals surface area contributed by atoms with Gasteiger partial charge in [-0.2, -0.15) is 0 Å². The molecule has 0 saturated carbocycles. The van der Waals surface area contributed by atoms with E-state index in [1.165, 1.54) is 32.8 Å². The van der Waals surface area contributed by atoms with Crippen molar-refractivity contribution in [2.24, 2.45) is 0 Å². The van der Waals surface area contributed by atoms with Gasteiger partial charge >= 0.3 is 0 Å². The van der Waals surface area contributed by atoms with E-state index in [-0.39, 0.29) is 0 Å². The van der Waals surface area contributed by atoms with Crippen LogP contribution in [0.25, 0.3) is 27.2 Å². The molecule has 0 spiro atoms. The fourth-order valence-electron chi connectivity index (χ4n) is 2.63. The minimum atomic E-state index is 1.25. The van der Waals surface area contributed by atoms with Crippen molar-refractivity contribution >= 4 is 27.2 Å². The summed E-state index contributed by atoms with van der Waals surface area (Å²) in [7, 11) is 0. The van der Waals surface area contributed by atoms with Crippen LogP contribution in [0.4, 0.5) is 0 Å². The van der Waals surface area contributed by atoms with Crippen LogP contribution >= 0.6 is 0 Å². The van der Waals surface area contributed by atoms with Gasteiger partial charge in [-0.05, 0) is 18.6 Å². The maximum Gasteiger partial charge on any atom is 0.0641 e. The van der Waals surface area contributed by atoms with Crippen molar-refractivity contribution in [3.8, 4) is 0 Å². The molecule has 2 nitrogen and oxygen atoms in total. The van der Waals surface area contributed by atoms with Crippen molar-refractivity contribution < 1.29 is 0 Å². The average Bonchev–Trinajstić information content (AvgIpc) is 2.82. The quantitative estimate of drug-likeness (QED) is 0.431. The van der Waals surface area contributed by atoms with E-state index in [9.17, 15) is 0 Å². The maximum atomic E-state index is 4.34. The smallest absolute Gasteiger partial charge is 0.0641 e. The summed E-state index contributed by atoms with van der Waals surface area (Å²) in [4.78, 5) is 4.34. The Bertz CT molecular complexity index is 811. The highest BCUT2D eigenvalue weighted by Gasteiger charge is 2.13. The summed E-state index contributed by atoms with van der Waals surface area (Å²) in [5.41, 5.74) is 3.86. The van der Waals surface area contributed by atoms with E-state index in [0.29, 0.717) is 0 Å². The number of hydrogen-bond donors (Lipinski definition) is 0. The summed E-state index contributed by atoms with van der Waals surface area (Å²) in [6.45, 7) is 2.14. The van der Waals surface area contributed by atoms with Crippen LogP contribution in [0.1, 0.15) is 5.56 Å². The number of para-hydroxylation sites is 1. The van der Waals surface area contributed by atoms with E-state index in [4.69, 9.17) is 0 Å². The third-order valence-corrected chi connectivity index (χ3v) is 3.36. The predicted molar refractivity (Wildman–Crippen MR) is 66.1 cm³/mol. The molecular formula is C14H10N2. The predicted octanol–water partition coefficient (Wildman–Crippen LogP) is 3.39. The summed E-state index contributed by atoms with van der Waals surface area (Å²) in [6.07, 6.45) is 6.11. The molecule has 0 aliphatic heterocycles. The standard InChI is InChI=1S/C14H10N2/c1-9-8-16-13-5-3-2-4-10(13)12-7-15-6-11(9)14(12)16/h2-8H,1H3. The Balaban J connectivity index is 2.50. The number of nitrogens with zero attached hydrogens (tertiary/aromatic N) is 2. The van der Waals surface area contributed by atoms with Crippen LogP contribution in [0.5, 0.6) is 0 Å². The molecule has 16 heavy (non-hydrogen) atoms. The lowest BCUT2D eigenvalue weighted by atomic mass is 10.1. The summed E-state index contributed by atoms with van der Waals surface area (Å²) in [5, 5.41) is 3.80. The highest BCUT2D eigenvalue weighted by atomic mass is 14.9. The molecule has 0 saturated heterocycles. The van der Waals surface area contributed by atoms with E-state index in [1.54, 1.807) is 0 Å². The molecule has 0 aliphatic carbocycles. The van der Waals surface area contributed by atoms with Gasteiger partial charge in [0.25, 0.3) is 0 Å². The first-order chi connectivity index (χ1) is 7.86. The largest absolute Gasteiger partial charge is 0.315 e. The fraction of sp³-hybridized carbons (Fsp3) is 0.0714. The Labute approximate surface area is 92.5 Å². The molecule has 3 heterocycles. The Morgan fingerprint density at radius 2 is 1.81 bits per heavy atom. The van der Waals surface area contributed by atoms with Gasteiger partial charge in [0.15, 0.2) is 0 Å². The second-order valence-corrected chi connectivity index (χ2v) is 4.28. The monoisotopic (exact) mass is 206 g/mol. The zero-order chi connectivity index (χ0) is 10.7. The number of fused-ring (bicyclic) bond motifs is 3. The first-order valence-electron chi connectivity index (χ1n) is 5.42. The average molecular weight is 206 g/mol. The first-order valence-corrected chi connectivity index (χ1v) is 5.42. The molecule has 0 atom stereocenters. The Morgan fingerprint density at radius 3 is 2.75 bits per heavy atom. The van der Waals surface area contributed by atoms with Crippen molar-refractivity contribution in [2.75, 3.05) is 0 Å². The maximum absolute atomic E-state index is 4.34. The summed E-state index contributed by atoms with van der Waals surface area (Å²) in [5.74, 6) is 0. The van der Waals surface area contributed by atoms with Crippen LogP contribution in [0, 0.1) is 6.92 Å². The fourth-order valence-corrected chi connectivity index (χ4v) is 2.63. The van der Waals surface area contributed by atoms with Gasteiger partial charge in [0.1, 0.15) is 0 Å². The molecule has 1 aromatic carbocycles. The Kier molecular flexibility index (Phi) is 1.28. The summed E-state index contributed by atoms with van der Waals surface area (Å²) >= 11 is 0. The normalized spacial score (nSPS) is 12.1. The SMILES string of the molecule is Cc1cn2c3ccccc3c3cncc1c32. The van der Waals surface area contributed by atoms with E-state index >= 15 is 0 Å². The molecule has 0 bridgehead atoms. The van der Waals surface area contributed by atoms with Crippen molar-refractivity contribution in [2.45, 2.75) is 6.92 Å². The van der Waals surface area contributed by atoms with Gasteiger partial charge in [-0.1, -0.05) is 18.2 Å². The van der Waals surface area contributed by atoms with Gasteiger partial charge in [-0.15, -0.1) is 0 Å². The van der Waals surface area contributed by atoms with Gasteiger partial charge in [-0.3, -0.25) is 4.98 Å². The first kappa shape index (κ1) is 8.11. The molecular weight excluding hydrogens is 196 g/mol. The van der Waals surface area contributed by atoms with Crippen LogP contribution < -0.4 is 0 Å². The van der Waals surface area contributed by atoms with Gasteiger partial charge in [0.2, 0.25) is 0 Å². The molecule has 0 N–H and O–H groups in total. The second-order valence-electron chi connectivity index (χ2n) is 4.28. The number of aryl methyl sites for hydroxylation is 1. The molecule has 0 radical (unpaired) electrons. The van der Waals surface area contributed by atoms with Crippen molar-refractivity contribution in [1.29, 1.82) is 0 Å². The van der Waals surface area contributed by atoms with Gasteiger partial charge < -0.3 is 4.40 Å². The minimum Gasteiger partial charge on any atom is -0.315 e. The lowest BCUT2D eigenvalue weighted by Crippen LogP contribution is -1.74. The van der Waals surface area contributed by atoms with Gasteiger partial charge in [0, 0.05) is 34.7 Å². The number of benzene rings is 1. The Hall–Kier alpha value is -2.09. The molecule has 0 aliphatic rings. The third kappa shape index (κ3) is 0.770. The molecule has 0 fully saturated rings. The number of pyridine rings is 1. The summed E-state index contributed by atoms with van der Waals surface area (Å²) in [6, 6.07) is 8.48. The van der Waals surface area contributed by atoms with Crippen molar-refractivity contribution in [3.05, 3.63) is 48.4 Å². The molecule has 4 aromatic rings. The number of rotatable bonds is 0. The zero-order valence-electron chi connectivity index (χ0n) is 8.94. The Morgan fingerprint density at radius 1 is 1.00 bits per heavy atom. The van der Waals surface area contributed by atoms with E-state index in [0.717, 1.165) is 0 Å². The van der Waals surface area contributed by atoms with E-state index in [2.05, 4.69) is 46.8 Å². The third-order valence-electron chi connectivity index (χ3n) is 3.36. The zero-order valence-corrected chi connectivity index (χ0v) is 8.94. The molecule has 0 amide bonds. The van der Waals surface area contributed by atoms with Crippen LogP contribution in [-0.4, -0.2) is 9.38 Å². The number of hydrogen-bond acceptors (Lipinski definition) is 1. The van der Waals surface area contributed by atoms with E-state index in [1.807, 2.05) is 12.4 Å². The van der Waals surface area contributed by atoms with Gasteiger partial charge in [0.05, 0.1) is 11.0 Å². The second kappa shape index (κ2) is 2.53. The topological polar surface area (TPSA) is 17.3 Å². The molecule has 3 aromatic heterocycles. The molecule has 2 heteroatoms. The van der Waals surface area contributed by atoms with Gasteiger partial charge in [-0.25, -0.2) is 0 Å².